The van der Waals surface area contributed by atoms with Crippen molar-refractivity contribution in [2.75, 3.05) is 31.6 Å². The van der Waals surface area contributed by atoms with Crippen molar-refractivity contribution in [1.29, 1.82) is 0 Å². The molecule has 5 heteroatoms. The van der Waals surface area contributed by atoms with Gasteiger partial charge >= 0.3 is 6.03 Å². The molecule has 0 unspecified atom stereocenters. The molecule has 1 fully saturated rings. The summed E-state index contributed by atoms with van der Waals surface area (Å²) in [4.78, 5) is 14.2. The zero-order chi connectivity index (χ0) is 16.8. The Morgan fingerprint density at radius 2 is 2.09 bits per heavy atom. The quantitative estimate of drug-likeness (QED) is 0.848. The molecule has 1 aliphatic heterocycles. The lowest BCUT2D eigenvalue weighted by Gasteiger charge is -2.22. The molecule has 0 aromatic heterocycles. The van der Waals surface area contributed by atoms with Crippen LogP contribution in [0, 0.1) is 11.8 Å². The van der Waals surface area contributed by atoms with Gasteiger partial charge in [0, 0.05) is 25.7 Å². The third-order valence-corrected chi connectivity index (χ3v) is 4.62. The first-order chi connectivity index (χ1) is 11.0. The molecule has 1 heterocycles. The highest BCUT2D eigenvalue weighted by Gasteiger charge is 2.25. The maximum atomic E-state index is 11.9. The lowest BCUT2D eigenvalue weighted by Crippen LogP contribution is -2.44. The highest BCUT2D eigenvalue weighted by atomic mass is 16.5. The fourth-order valence-corrected chi connectivity index (χ4v) is 2.77. The lowest BCUT2D eigenvalue weighted by atomic mass is 10.1. The highest BCUT2D eigenvalue weighted by molar-refractivity contribution is 5.74. The molecule has 1 saturated heterocycles. The van der Waals surface area contributed by atoms with Crippen LogP contribution in [0.1, 0.15) is 27.2 Å². The van der Waals surface area contributed by atoms with Gasteiger partial charge in [0.15, 0.2) is 0 Å². The number of hydrogen-bond donors (Lipinski definition) is 2. The summed E-state index contributed by atoms with van der Waals surface area (Å²) in [7, 11) is 1.70. The Labute approximate surface area is 139 Å². The minimum atomic E-state index is -0.0676. The first kappa shape index (κ1) is 17.4. The molecule has 0 spiro atoms. The number of methoxy groups -OCH3 is 1. The van der Waals surface area contributed by atoms with Gasteiger partial charge in [-0.15, -0.1) is 0 Å². The van der Waals surface area contributed by atoms with E-state index in [1.807, 2.05) is 25.1 Å². The number of carbonyl (C=O) groups is 1. The number of benzene rings is 1. The lowest BCUT2D eigenvalue weighted by molar-refractivity contribution is 0.233. The molecule has 1 aromatic carbocycles. The van der Waals surface area contributed by atoms with Crippen LogP contribution in [0.2, 0.25) is 0 Å². The van der Waals surface area contributed by atoms with Crippen molar-refractivity contribution in [1.82, 2.24) is 10.6 Å². The van der Waals surface area contributed by atoms with Crippen LogP contribution in [0.5, 0.6) is 5.75 Å². The maximum Gasteiger partial charge on any atom is 0.315 e. The van der Waals surface area contributed by atoms with Gasteiger partial charge in [0.2, 0.25) is 0 Å². The van der Waals surface area contributed by atoms with Gasteiger partial charge in [0.05, 0.1) is 12.8 Å². The van der Waals surface area contributed by atoms with Crippen LogP contribution in [0.25, 0.3) is 0 Å². The Morgan fingerprint density at radius 3 is 2.78 bits per heavy atom. The Balaban J connectivity index is 1.81. The number of nitrogens with one attached hydrogen (secondary N) is 2. The van der Waals surface area contributed by atoms with Crippen molar-refractivity contribution >= 4 is 11.7 Å². The average molecular weight is 319 g/mol. The summed E-state index contributed by atoms with van der Waals surface area (Å²) in [5.41, 5.74) is 1.13. The number of nitrogens with zero attached hydrogens (tertiary/aromatic N) is 1. The zero-order valence-corrected chi connectivity index (χ0v) is 14.6. The molecule has 2 N–H and O–H groups in total. The van der Waals surface area contributed by atoms with Crippen LogP contribution in [0.15, 0.2) is 24.3 Å². The monoisotopic (exact) mass is 319 g/mol. The number of rotatable bonds is 6. The van der Waals surface area contributed by atoms with Crippen LogP contribution >= 0.6 is 0 Å². The number of anilines is 1. The van der Waals surface area contributed by atoms with Crippen molar-refractivity contribution < 1.29 is 9.53 Å². The van der Waals surface area contributed by atoms with E-state index in [4.69, 9.17) is 4.74 Å². The molecule has 2 atom stereocenters. The topological polar surface area (TPSA) is 53.6 Å². The summed E-state index contributed by atoms with van der Waals surface area (Å²) in [5, 5.41) is 5.98. The standard InChI is InChI=1S/C18H29N3O2/c1-13(2)14(3)20-18(22)19-11-15-9-10-21(12-15)16-7-5-6-8-17(16)23-4/h5-8,13-15H,9-12H2,1-4H3,(H2,19,20,22)/t14-,15-/m1/s1. The summed E-state index contributed by atoms with van der Waals surface area (Å²) in [6.45, 7) is 8.89. The first-order valence-corrected chi connectivity index (χ1v) is 8.43. The van der Waals surface area contributed by atoms with Gasteiger partial charge in [-0.1, -0.05) is 26.0 Å². The summed E-state index contributed by atoms with van der Waals surface area (Å²) in [6, 6.07) is 8.21. The molecule has 128 valence electrons. The molecule has 0 aliphatic carbocycles. The third-order valence-electron chi connectivity index (χ3n) is 4.62. The van der Waals surface area contributed by atoms with Crippen LogP contribution in [0.3, 0.4) is 0 Å². The number of hydrogen-bond acceptors (Lipinski definition) is 3. The molecule has 1 aromatic rings. The number of para-hydroxylation sites is 2. The normalized spacial score (nSPS) is 18.8. The number of ether oxygens (including phenoxy) is 1. The van der Waals surface area contributed by atoms with Crippen LogP contribution in [0.4, 0.5) is 10.5 Å². The van der Waals surface area contributed by atoms with Gasteiger partial charge in [-0.2, -0.15) is 0 Å². The van der Waals surface area contributed by atoms with Crippen LogP contribution in [-0.2, 0) is 0 Å². The number of carbonyl (C=O) groups excluding carboxylic acids is 1. The summed E-state index contributed by atoms with van der Waals surface area (Å²) in [6.07, 6.45) is 1.08. The predicted octanol–water partition coefficient (Wildman–Crippen LogP) is 2.87. The van der Waals surface area contributed by atoms with Gasteiger partial charge < -0.3 is 20.3 Å². The van der Waals surface area contributed by atoms with Gasteiger partial charge in [0.1, 0.15) is 5.75 Å². The van der Waals surface area contributed by atoms with Gasteiger partial charge in [0.25, 0.3) is 0 Å². The predicted molar refractivity (Wildman–Crippen MR) is 94.1 cm³/mol. The molecule has 5 nitrogen and oxygen atoms in total. The Hall–Kier alpha value is -1.91. The average Bonchev–Trinajstić information content (AvgIpc) is 3.01. The first-order valence-electron chi connectivity index (χ1n) is 8.43. The largest absolute Gasteiger partial charge is 0.495 e. The van der Waals surface area contributed by atoms with Crippen LogP contribution in [-0.4, -0.2) is 38.8 Å². The molecule has 2 amide bonds. The second-order valence-electron chi connectivity index (χ2n) is 6.66. The minimum absolute atomic E-state index is 0.0676. The molecular formula is C18H29N3O2. The van der Waals surface area contributed by atoms with E-state index >= 15 is 0 Å². The van der Waals surface area contributed by atoms with E-state index in [0.717, 1.165) is 30.9 Å². The van der Waals surface area contributed by atoms with Crippen molar-refractivity contribution in [3.05, 3.63) is 24.3 Å². The molecule has 2 rings (SSSR count). The Bertz CT molecular complexity index is 519. The van der Waals surface area contributed by atoms with E-state index < -0.39 is 0 Å². The van der Waals surface area contributed by atoms with Gasteiger partial charge in [-0.3, -0.25) is 0 Å². The van der Waals surface area contributed by atoms with E-state index in [0.29, 0.717) is 18.4 Å². The Morgan fingerprint density at radius 1 is 1.35 bits per heavy atom. The molecule has 0 bridgehead atoms. The van der Waals surface area contributed by atoms with Crippen molar-refractivity contribution in [3.63, 3.8) is 0 Å². The second-order valence-corrected chi connectivity index (χ2v) is 6.66. The summed E-state index contributed by atoms with van der Waals surface area (Å²) in [5.74, 6) is 1.82. The molecule has 1 aliphatic rings. The molecular weight excluding hydrogens is 290 g/mol. The van der Waals surface area contributed by atoms with Crippen molar-refractivity contribution in [2.24, 2.45) is 11.8 Å². The fraction of sp³-hybridized carbons (Fsp3) is 0.611. The van der Waals surface area contributed by atoms with Crippen molar-refractivity contribution in [2.45, 2.75) is 33.2 Å². The summed E-state index contributed by atoms with van der Waals surface area (Å²) < 4.78 is 5.44. The minimum Gasteiger partial charge on any atom is -0.495 e. The number of amides is 2. The van der Waals surface area contributed by atoms with E-state index in [2.05, 4.69) is 35.4 Å². The molecule has 0 radical (unpaired) electrons. The smallest absolute Gasteiger partial charge is 0.315 e. The fourth-order valence-electron chi connectivity index (χ4n) is 2.77. The maximum absolute atomic E-state index is 11.9. The third kappa shape index (κ3) is 4.78. The molecule has 23 heavy (non-hydrogen) atoms. The Kier molecular flexibility index (Phi) is 6.13. The number of urea groups is 1. The molecule has 0 saturated carbocycles. The van der Waals surface area contributed by atoms with Gasteiger partial charge in [-0.25, -0.2) is 4.79 Å². The second kappa shape index (κ2) is 8.09. The van der Waals surface area contributed by atoms with E-state index in [9.17, 15) is 4.79 Å². The SMILES string of the molecule is COc1ccccc1N1CC[C@H](CNC(=O)N[C@H](C)C(C)C)C1. The summed E-state index contributed by atoms with van der Waals surface area (Å²) >= 11 is 0. The van der Waals surface area contributed by atoms with E-state index in [1.165, 1.54) is 0 Å². The van der Waals surface area contributed by atoms with Crippen LogP contribution < -0.4 is 20.3 Å². The zero-order valence-electron chi connectivity index (χ0n) is 14.6. The van der Waals surface area contributed by atoms with E-state index in [1.54, 1.807) is 7.11 Å². The van der Waals surface area contributed by atoms with Crippen molar-refractivity contribution in [3.8, 4) is 5.75 Å². The van der Waals surface area contributed by atoms with E-state index in [-0.39, 0.29) is 12.1 Å². The highest BCUT2D eigenvalue weighted by Crippen LogP contribution is 2.31. The van der Waals surface area contributed by atoms with Gasteiger partial charge in [-0.05, 0) is 37.3 Å².